The lowest BCUT2D eigenvalue weighted by molar-refractivity contribution is 0.584. The molecule has 0 unspecified atom stereocenters. The molecule has 0 amide bonds. The van der Waals surface area contributed by atoms with Crippen LogP contribution < -0.4 is 16.6 Å². The van der Waals surface area contributed by atoms with E-state index in [-0.39, 0.29) is 0 Å². The van der Waals surface area contributed by atoms with Gasteiger partial charge in [-0.05, 0) is 31.9 Å². The van der Waals surface area contributed by atoms with Crippen LogP contribution in [0.2, 0.25) is 0 Å². The highest BCUT2D eigenvalue weighted by Crippen LogP contribution is 2.39. The molecule has 1 aromatic heterocycles. The summed E-state index contributed by atoms with van der Waals surface area (Å²) in [5.74, 6) is 6.18. The molecule has 0 bridgehead atoms. The third-order valence-corrected chi connectivity index (χ3v) is 3.37. The monoisotopic (exact) mass is 291 g/mol. The lowest BCUT2D eigenvalue weighted by atomic mass is 10.2. The van der Waals surface area contributed by atoms with Gasteiger partial charge in [0.15, 0.2) is 0 Å². The van der Waals surface area contributed by atoms with E-state index >= 15 is 0 Å². The van der Waals surface area contributed by atoms with Crippen molar-refractivity contribution in [3.05, 3.63) is 41.2 Å². The Morgan fingerprint density at radius 1 is 1.10 bits per heavy atom. The molecular formula is C14H15F2N5. The molecule has 1 saturated carbocycles. The van der Waals surface area contributed by atoms with Gasteiger partial charge in [0.2, 0.25) is 0 Å². The Balaban J connectivity index is 1.98. The van der Waals surface area contributed by atoms with E-state index in [0.717, 1.165) is 18.9 Å². The van der Waals surface area contributed by atoms with Crippen LogP contribution in [0.25, 0.3) is 0 Å². The fraction of sp³-hybridized carbons (Fsp3) is 0.286. The van der Waals surface area contributed by atoms with Gasteiger partial charge in [-0.25, -0.2) is 24.6 Å². The predicted octanol–water partition coefficient (Wildman–Crippen LogP) is 2.97. The number of halogens is 2. The third-order valence-electron chi connectivity index (χ3n) is 3.37. The molecule has 1 aliphatic carbocycles. The SMILES string of the molecule is Cc1c(NN)nc(C2CC2)nc1Nc1cc(F)cc(F)c1. The summed E-state index contributed by atoms with van der Waals surface area (Å²) in [5, 5.41) is 2.92. The average molecular weight is 291 g/mol. The molecule has 0 radical (unpaired) electrons. The van der Waals surface area contributed by atoms with Gasteiger partial charge in [0.25, 0.3) is 0 Å². The summed E-state index contributed by atoms with van der Waals surface area (Å²) in [6.07, 6.45) is 2.09. The molecule has 2 aromatic rings. The molecule has 1 aromatic carbocycles. The topological polar surface area (TPSA) is 75.9 Å². The maximum absolute atomic E-state index is 13.2. The molecule has 3 rings (SSSR count). The van der Waals surface area contributed by atoms with Crippen LogP contribution in [0.5, 0.6) is 0 Å². The highest BCUT2D eigenvalue weighted by atomic mass is 19.1. The van der Waals surface area contributed by atoms with Crippen molar-refractivity contribution in [2.75, 3.05) is 10.7 Å². The molecule has 0 saturated heterocycles. The molecule has 4 N–H and O–H groups in total. The van der Waals surface area contributed by atoms with Gasteiger partial charge >= 0.3 is 0 Å². The standard InChI is InChI=1S/C14H15F2N5/c1-7-12(18-11-5-9(15)4-10(16)6-11)19-14(8-2-3-8)20-13(7)21-17/h4-6,8H,2-3,17H2,1H3,(H2,18,19,20,21). The second-order valence-electron chi connectivity index (χ2n) is 5.11. The van der Waals surface area contributed by atoms with Crippen LogP contribution in [0.4, 0.5) is 26.1 Å². The lowest BCUT2D eigenvalue weighted by Gasteiger charge is -2.13. The number of hydrogen-bond donors (Lipinski definition) is 3. The molecule has 1 aliphatic rings. The number of hydrogen-bond acceptors (Lipinski definition) is 5. The van der Waals surface area contributed by atoms with E-state index in [2.05, 4.69) is 20.7 Å². The maximum atomic E-state index is 13.2. The molecule has 5 nitrogen and oxygen atoms in total. The van der Waals surface area contributed by atoms with Crippen molar-refractivity contribution in [3.63, 3.8) is 0 Å². The van der Waals surface area contributed by atoms with Crippen molar-refractivity contribution in [2.45, 2.75) is 25.7 Å². The van der Waals surface area contributed by atoms with E-state index < -0.39 is 11.6 Å². The third kappa shape index (κ3) is 2.92. The zero-order valence-corrected chi connectivity index (χ0v) is 11.5. The number of nitrogens with two attached hydrogens (primary N) is 1. The Morgan fingerprint density at radius 3 is 2.29 bits per heavy atom. The van der Waals surface area contributed by atoms with Crippen LogP contribution in [-0.2, 0) is 0 Å². The van der Waals surface area contributed by atoms with Gasteiger partial charge in [-0.1, -0.05) is 0 Å². The first kappa shape index (κ1) is 13.7. The minimum absolute atomic E-state index is 0.291. The summed E-state index contributed by atoms with van der Waals surface area (Å²) in [6.45, 7) is 1.78. The number of rotatable bonds is 4. The van der Waals surface area contributed by atoms with Gasteiger partial charge in [0, 0.05) is 23.2 Å². The van der Waals surface area contributed by atoms with Crippen LogP contribution in [0.3, 0.4) is 0 Å². The van der Waals surface area contributed by atoms with Crippen molar-refractivity contribution < 1.29 is 8.78 Å². The highest BCUT2D eigenvalue weighted by Gasteiger charge is 2.28. The molecule has 0 atom stereocenters. The average Bonchev–Trinajstić information content (AvgIpc) is 3.24. The van der Waals surface area contributed by atoms with E-state index in [1.807, 2.05) is 0 Å². The molecule has 7 heteroatoms. The normalized spacial score (nSPS) is 14.1. The summed E-state index contributed by atoms with van der Waals surface area (Å²) < 4.78 is 26.5. The molecule has 110 valence electrons. The van der Waals surface area contributed by atoms with Gasteiger partial charge in [-0.2, -0.15) is 0 Å². The Hall–Kier alpha value is -2.28. The van der Waals surface area contributed by atoms with Gasteiger partial charge < -0.3 is 10.7 Å². The molecule has 1 heterocycles. The number of nitrogen functional groups attached to an aromatic ring is 1. The minimum atomic E-state index is -0.649. The van der Waals surface area contributed by atoms with E-state index in [9.17, 15) is 8.78 Å². The van der Waals surface area contributed by atoms with Gasteiger partial charge in [-0.15, -0.1) is 0 Å². The Labute approximate surface area is 120 Å². The largest absolute Gasteiger partial charge is 0.340 e. The zero-order valence-electron chi connectivity index (χ0n) is 11.5. The first-order chi connectivity index (χ1) is 10.1. The van der Waals surface area contributed by atoms with Gasteiger partial charge in [0.05, 0.1) is 0 Å². The first-order valence-corrected chi connectivity index (χ1v) is 6.65. The van der Waals surface area contributed by atoms with E-state index in [1.54, 1.807) is 6.92 Å². The Morgan fingerprint density at radius 2 is 1.71 bits per heavy atom. The summed E-state index contributed by atoms with van der Waals surface area (Å²) in [5.41, 5.74) is 3.51. The van der Waals surface area contributed by atoms with E-state index in [1.165, 1.54) is 12.1 Å². The van der Waals surface area contributed by atoms with Crippen LogP contribution in [0, 0.1) is 18.6 Å². The number of anilines is 3. The number of nitrogens with zero attached hydrogens (tertiary/aromatic N) is 2. The van der Waals surface area contributed by atoms with Crippen molar-refractivity contribution in [2.24, 2.45) is 5.84 Å². The Bertz CT molecular complexity index is 665. The highest BCUT2D eigenvalue weighted by molar-refractivity contribution is 5.64. The predicted molar refractivity (Wildman–Crippen MR) is 76.2 cm³/mol. The second kappa shape index (κ2) is 5.25. The zero-order chi connectivity index (χ0) is 15.0. The van der Waals surface area contributed by atoms with Crippen molar-refractivity contribution in [1.29, 1.82) is 0 Å². The van der Waals surface area contributed by atoms with Crippen LogP contribution in [0.1, 0.15) is 30.1 Å². The molecule has 0 aliphatic heterocycles. The molecule has 21 heavy (non-hydrogen) atoms. The number of benzene rings is 1. The number of nitrogens with one attached hydrogen (secondary N) is 2. The minimum Gasteiger partial charge on any atom is -0.340 e. The van der Waals surface area contributed by atoms with Crippen LogP contribution in [-0.4, -0.2) is 9.97 Å². The van der Waals surface area contributed by atoms with Crippen LogP contribution >= 0.6 is 0 Å². The summed E-state index contributed by atoms with van der Waals surface area (Å²) >= 11 is 0. The van der Waals surface area contributed by atoms with E-state index in [0.29, 0.717) is 34.6 Å². The number of aromatic nitrogens is 2. The molecular weight excluding hydrogens is 276 g/mol. The smallest absolute Gasteiger partial charge is 0.148 e. The summed E-state index contributed by atoms with van der Waals surface area (Å²) in [4.78, 5) is 8.79. The second-order valence-corrected chi connectivity index (χ2v) is 5.11. The molecule has 0 spiro atoms. The van der Waals surface area contributed by atoms with E-state index in [4.69, 9.17) is 5.84 Å². The number of hydrazine groups is 1. The first-order valence-electron chi connectivity index (χ1n) is 6.65. The lowest BCUT2D eigenvalue weighted by Crippen LogP contribution is -2.14. The fourth-order valence-corrected chi connectivity index (χ4v) is 2.08. The summed E-state index contributed by atoms with van der Waals surface area (Å²) in [7, 11) is 0. The maximum Gasteiger partial charge on any atom is 0.148 e. The Kier molecular flexibility index (Phi) is 3.42. The quantitative estimate of drug-likeness (QED) is 0.596. The van der Waals surface area contributed by atoms with Gasteiger partial charge in [0.1, 0.15) is 29.1 Å². The van der Waals surface area contributed by atoms with Crippen molar-refractivity contribution >= 4 is 17.3 Å². The fourth-order valence-electron chi connectivity index (χ4n) is 2.08. The summed E-state index contributed by atoms with van der Waals surface area (Å²) in [6, 6.07) is 3.23. The van der Waals surface area contributed by atoms with Crippen LogP contribution in [0.15, 0.2) is 18.2 Å². The van der Waals surface area contributed by atoms with Gasteiger partial charge in [-0.3, -0.25) is 0 Å². The van der Waals surface area contributed by atoms with Crippen molar-refractivity contribution in [3.8, 4) is 0 Å². The van der Waals surface area contributed by atoms with Crippen molar-refractivity contribution in [1.82, 2.24) is 9.97 Å². The molecule has 1 fully saturated rings.